The highest BCUT2D eigenvalue weighted by Gasteiger charge is 2.31. The van der Waals surface area contributed by atoms with Gasteiger partial charge in [-0.15, -0.1) is 0 Å². The Hall–Kier alpha value is -1.35. The van der Waals surface area contributed by atoms with Crippen molar-refractivity contribution in [2.75, 3.05) is 7.11 Å². The summed E-state index contributed by atoms with van der Waals surface area (Å²) in [5.41, 5.74) is 1.02. The van der Waals surface area contributed by atoms with Crippen molar-refractivity contribution in [2.45, 2.75) is 24.9 Å². The molecule has 80 valence electrons. The second-order valence-corrected chi connectivity index (χ2v) is 4.03. The number of methoxy groups -OCH3 is 1. The zero-order valence-corrected chi connectivity index (χ0v) is 8.69. The van der Waals surface area contributed by atoms with E-state index < -0.39 is 5.60 Å². The van der Waals surface area contributed by atoms with Crippen LogP contribution in [0.1, 0.15) is 17.5 Å². The predicted octanol–water partition coefficient (Wildman–Crippen LogP) is 1.11. The zero-order valence-electron chi connectivity index (χ0n) is 8.69. The molecule has 1 N–H and O–H groups in total. The summed E-state index contributed by atoms with van der Waals surface area (Å²) < 4.78 is 5.11. The summed E-state index contributed by atoms with van der Waals surface area (Å²) in [5, 5.41) is 9.88. The van der Waals surface area contributed by atoms with Gasteiger partial charge in [0.1, 0.15) is 11.4 Å². The first-order valence-electron chi connectivity index (χ1n) is 5.01. The van der Waals surface area contributed by atoms with Crippen LogP contribution in [0.25, 0.3) is 0 Å². The van der Waals surface area contributed by atoms with Crippen molar-refractivity contribution in [1.82, 2.24) is 0 Å². The molecule has 0 radical (unpaired) electrons. The highest BCUT2D eigenvalue weighted by atomic mass is 16.5. The quantitative estimate of drug-likeness (QED) is 0.737. The predicted molar refractivity (Wildman–Crippen MR) is 56.0 cm³/mol. The van der Waals surface area contributed by atoms with Crippen LogP contribution in [-0.2, 0) is 17.6 Å². The Morgan fingerprint density at radius 2 is 2.27 bits per heavy atom. The van der Waals surface area contributed by atoms with Crippen molar-refractivity contribution in [1.29, 1.82) is 0 Å². The van der Waals surface area contributed by atoms with E-state index in [1.54, 1.807) is 7.11 Å². The molecule has 1 aromatic carbocycles. The monoisotopic (exact) mass is 206 g/mol. The number of benzene rings is 1. The minimum atomic E-state index is -1.18. The Bertz CT molecular complexity index is 386. The molecule has 0 amide bonds. The molecule has 0 bridgehead atoms. The minimum Gasteiger partial charge on any atom is -0.497 e. The number of ether oxygens (including phenoxy) is 1. The van der Waals surface area contributed by atoms with Gasteiger partial charge in [0.05, 0.1) is 7.11 Å². The van der Waals surface area contributed by atoms with Gasteiger partial charge in [-0.3, -0.25) is 0 Å². The summed E-state index contributed by atoms with van der Waals surface area (Å²) in [5.74, 6) is 0.767. The topological polar surface area (TPSA) is 46.5 Å². The Labute approximate surface area is 88.7 Å². The minimum absolute atomic E-state index is 0.392. The fourth-order valence-corrected chi connectivity index (χ4v) is 2.01. The molecule has 3 nitrogen and oxygen atoms in total. The molecule has 1 unspecified atom stereocenters. The number of carbonyl (C=O) groups is 1. The van der Waals surface area contributed by atoms with Gasteiger partial charge in [0.2, 0.25) is 0 Å². The molecule has 0 heterocycles. The molecule has 1 aliphatic rings. The fourth-order valence-electron chi connectivity index (χ4n) is 2.01. The standard InChI is InChI=1S/C12H14O3/c1-15-11-3-2-9-4-5-12(14,8-13)7-10(9)6-11/h2-3,6,8,14H,4-5,7H2,1H3. The van der Waals surface area contributed by atoms with E-state index in [9.17, 15) is 9.90 Å². The maximum Gasteiger partial charge on any atom is 0.151 e. The molecule has 0 fully saturated rings. The van der Waals surface area contributed by atoms with E-state index in [1.165, 1.54) is 5.56 Å². The normalized spacial score (nSPS) is 24.4. The smallest absolute Gasteiger partial charge is 0.151 e. The second kappa shape index (κ2) is 3.66. The highest BCUT2D eigenvalue weighted by Crippen LogP contribution is 2.29. The van der Waals surface area contributed by atoms with Crippen molar-refractivity contribution in [3.8, 4) is 5.75 Å². The first-order chi connectivity index (χ1) is 7.17. The van der Waals surface area contributed by atoms with Gasteiger partial charge in [-0.05, 0) is 36.1 Å². The molecule has 1 aliphatic carbocycles. The Balaban J connectivity index is 2.35. The van der Waals surface area contributed by atoms with Gasteiger partial charge < -0.3 is 14.6 Å². The molecule has 1 atom stereocenters. The van der Waals surface area contributed by atoms with Crippen LogP contribution in [0, 0.1) is 0 Å². The first-order valence-corrected chi connectivity index (χ1v) is 5.01. The molecule has 0 saturated carbocycles. The molecular weight excluding hydrogens is 192 g/mol. The molecule has 0 aromatic heterocycles. The van der Waals surface area contributed by atoms with Gasteiger partial charge >= 0.3 is 0 Å². The molecule has 3 heteroatoms. The van der Waals surface area contributed by atoms with Crippen LogP contribution in [-0.4, -0.2) is 24.1 Å². The Morgan fingerprint density at radius 1 is 1.47 bits per heavy atom. The third-order valence-electron chi connectivity index (χ3n) is 2.96. The molecule has 0 saturated heterocycles. The van der Waals surface area contributed by atoms with Gasteiger partial charge in [0.15, 0.2) is 6.29 Å². The number of rotatable bonds is 2. The van der Waals surface area contributed by atoms with E-state index in [4.69, 9.17) is 4.74 Å². The molecule has 0 spiro atoms. The summed E-state index contributed by atoms with van der Waals surface area (Å²) in [6.07, 6.45) is 2.29. The second-order valence-electron chi connectivity index (χ2n) is 4.03. The molecule has 1 aromatic rings. The van der Waals surface area contributed by atoms with E-state index in [-0.39, 0.29) is 0 Å². The van der Waals surface area contributed by atoms with Crippen molar-refractivity contribution in [3.63, 3.8) is 0 Å². The number of carbonyl (C=O) groups excluding carboxylic acids is 1. The SMILES string of the molecule is COc1ccc2c(c1)CC(O)(C=O)CC2. The average molecular weight is 206 g/mol. The number of hydrogen-bond donors (Lipinski definition) is 1. The van der Waals surface area contributed by atoms with E-state index >= 15 is 0 Å². The first kappa shape index (κ1) is 10.2. The lowest BCUT2D eigenvalue weighted by Gasteiger charge is -2.28. The number of aldehydes is 1. The lowest BCUT2D eigenvalue weighted by molar-refractivity contribution is -0.125. The summed E-state index contributed by atoms with van der Waals surface area (Å²) in [4.78, 5) is 10.8. The summed E-state index contributed by atoms with van der Waals surface area (Å²) >= 11 is 0. The largest absolute Gasteiger partial charge is 0.497 e. The van der Waals surface area contributed by atoms with Crippen molar-refractivity contribution >= 4 is 6.29 Å². The van der Waals surface area contributed by atoms with Crippen LogP contribution in [0.15, 0.2) is 18.2 Å². The molecular formula is C12H14O3. The maximum absolute atomic E-state index is 10.8. The van der Waals surface area contributed by atoms with E-state index in [1.807, 2.05) is 18.2 Å². The van der Waals surface area contributed by atoms with Gasteiger partial charge in [0.25, 0.3) is 0 Å². The number of aliphatic hydroxyl groups is 1. The van der Waals surface area contributed by atoms with Crippen LogP contribution in [0.4, 0.5) is 0 Å². The van der Waals surface area contributed by atoms with Gasteiger partial charge in [-0.2, -0.15) is 0 Å². The van der Waals surface area contributed by atoms with E-state index in [0.29, 0.717) is 19.1 Å². The number of aryl methyl sites for hydroxylation is 1. The van der Waals surface area contributed by atoms with E-state index in [2.05, 4.69) is 0 Å². The van der Waals surface area contributed by atoms with Crippen molar-refractivity contribution in [3.05, 3.63) is 29.3 Å². The van der Waals surface area contributed by atoms with Crippen LogP contribution < -0.4 is 4.74 Å². The number of fused-ring (bicyclic) bond motifs is 1. The maximum atomic E-state index is 10.8. The van der Waals surface area contributed by atoms with Gasteiger partial charge in [-0.25, -0.2) is 0 Å². The summed E-state index contributed by atoms with van der Waals surface area (Å²) in [7, 11) is 1.61. The Morgan fingerprint density at radius 3 is 2.93 bits per heavy atom. The lowest BCUT2D eigenvalue weighted by Crippen LogP contribution is -2.37. The average Bonchev–Trinajstić information content (AvgIpc) is 2.28. The highest BCUT2D eigenvalue weighted by molar-refractivity contribution is 5.64. The molecule has 2 rings (SSSR count). The molecule has 0 aliphatic heterocycles. The van der Waals surface area contributed by atoms with Gasteiger partial charge in [-0.1, -0.05) is 6.07 Å². The number of hydrogen-bond acceptors (Lipinski definition) is 3. The van der Waals surface area contributed by atoms with E-state index in [0.717, 1.165) is 17.7 Å². The van der Waals surface area contributed by atoms with Crippen LogP contribution >= 0.6 is 0 Å². The summed E-state index contributed by atoms with van der Waals surface area (Å²) in [6.45, 7) is 0. The van der Waals surface area contributed by atoms with Crippen molar-refractivity contribution in [2.24, 2.45) is 0 Å². The van der Waals surface area contributed by atoms with Crippen molar-refractivity contribution < 1.29 is 14.6 Å². The third kappa shape index (κ3) is 1.88. The zero-order chi connectivity index (χ0) is 10.9. The van der Waals surface area contributed by atoms with Crippen LogP contribution in [0.3, 0.4) is 0 Å². The van der Waals surface area contributed by atoms with Gasteiger partial charge in [0, 0.05) is 6.42 Å². The molecule has 15 heavy (non-hydrogen) atoms. The summed E-state index contributed by atoms with van der Waals surface area (Å²) in [6, 6.07) is 5.80. The third-order valence-corrected chi connectivity index (χ3v) is 2.96. The van der Waals surface area contributed by atoms with Crippen LogP contribution in [0.2, 0.25) is 0 Å². The Kier molecular flexibility index (Phi) is 2.49. The fraction of sp³-hybridized carbons (Fsp3) is 0.417. The van der Waals surface area contributed by atoms with Crippen LogP contribution in [0.5, 0.6) is 5.75 Å². The lowest BCUT2D eigenvalue weighted by atomic mass is 9.81.